The average Bonchev–Trinajstić information content (AvgIpc) is 2.08. The number of ether oxygens (including phenoxy) is 1. The molecule has 58 valence electrons. The van der Waals surface area contributed by atoms with Crippen molar-refractivity contribution < 1.29 is 9.53 Å². The number of carbonyl (C=O) groups excluding carboxylic acids is 1. The Morgan fingerprint density at radius 3 is 2.60 bits per heavy atom. The molecular formula is C6H8Br2O2. The Kier molecular flexibility index (Phi) is 2.40. The molecule has 10 heavy (non-hydrogen) atoms. The zero-order valence-corrected chi connectivity index (χ0v) is 8.74. The van der Waals surface area contributed by atoms with E-state index in [1.54, 1.807) is 0 Å². The summed E-state index contributed by atoms with van der Waals surface area (Å²) >= 11 is 6.46. The molecule has 1 saturated heterocycles. The highest BCUT2D eigenvalue weighted by Crippen LogP contribution is 2.40. The zero-order valence-electron chi connectivity index (χ0n) is 5.56. The van der Waals surface area contributed by atoms with E-state index in [-0.39, 0.29) is 12.1 Å². The van der Waals surface area contributed by atoms with E-state index >= 15 is 0 Å². The third-order valence-electron chi connectivity index (χ3n) is 1.51. The van der Waals surface area contributed by atoms with Gasteiger partial charge in [-0.1, -0.05) is 38.8 Å². The van der Waals surface area contributed by atoms with Gasteiger partial charge in [0.2, 0.25) is 0 Å². The van der Waals surface area contributed by atoms with Crippen molar-refractivity contribution in [1.82, 2.24) is 0 Å². The first-order valence-electron chi connectivity index (χ1n) is 3.15. The quantitative estimate of drug-likeness (QED) is 0.540. The summed E-state index contributed by atoms with van der Waals surface area (Å²) in [4.78, 5) is 10.9. The van der Waals surface area contributed by atoms with Crippen LogP contribution >= 0.6 is 31.9 Å². The minimum atomic E-state index is -0.610. The molecule has 4 heteroatoms. The molecule has 0 aromatic rings. The second-order valence-electron chi connectivity index (χ2n) is 2.34. The molecule has 1 rings (SSSR count). The van der Waals surface area contributed by atoms with Gasteiger partial charge in [0.1, 0.15) is 6.10 Å². The van der Waals surface area contributed by atoms with Crippen molar-refractivity contribution >= 4 is 37.8 Å². The molecule has 2 nitrogen and oxygen atoms in total. The van der Waals surface area contributed by atoms with Crippen LogP contribution in [0.5, 0.6) is 0 Å². The Labute approximate surface area is 76.6 Å². The van der Waals surface area contributed by atoms with Gasteiger partial charge in [-0.25, -0.2) is 4.79 Å². The van der Waals surface area contributed by atoms with Crippen LogP contribution in [0, 0.1) is 0 Å². The standard InChI is InChI=1S/C6H8Br2O2/c1-2-4-3-6(7,8)5(9)10-4/h4H,2-3H2,1H3. The molecule has 0 aromatic carbocycles. The summed E-state index contributed by atoms with van der Waals surface area (Å²) in [5.74, 6) is -0.209. The topological polar surface area (TPSA) is 26.3 Å². The molecule has 1 atom stereocenters. The van der Waals surface area contributed by atoms with Crippen molar-refractivity contribution in [2.75, 3.05) is 0 Å². The van der Waals surface area contributed by atoms with Crippen LogP contribution in [-0.4, -0.2) is 15.3 Å². The fraction of sp³-hybridized carbons (Fsp3) is 0.833. The lowest BCUT2D eigenvalue weighted by molar-refractivity contribution is -0.141. The zero-order chi connectivity index (χ0) is 7.78. The van der Waals surface area contributed by atoms with Crippen LogP contribution in [0.3, 0.4) is 0 Å². The van der Waals surface area contributed by atoms with E-state index in [0.29, 0.717) is 6.42 Å². The van der Waals surface area contributed by atoms with E-state index in [9.17, 15) is 4.79 Å². The number of alkyl halides is 2. The molecule has 1 heterocycles. The summed E-state index contributed by atoms with van der Waals surface area (Å²) in [6.45, 7) is 2.00. The highest BCUT2D eigenvalue weighted by Gasteiger charge is 2.44. The Balaban J connectivity index is 2.62. The molecule has 1 aliphatic heterocycles. The van der Waals surface area contributed by atoms with Crippen molar-refractivity contribution in [3.63, 3.8) is 0 Å². The van der Waals surface area contributed by atoms with E-state index in [1.165, 1.54) is 0 Å². The van der Waals surface area contributed by atoms with Crippen molar-refractivity contribution in [3.8, 4) is 0 Å². The summed E-state index contributed by atoms with van der Waals surface area (Å²) in [5, 5.41) is 0. The lowest BCUT2D eigenvalue weighted by Crippen LogP contribution is -2.16. The number of esters is 1. The number of carbonyl (C=O) groups is 1. The first kappa shape index (κ1) is 8.53. The van der Waals surface area contributed by atoms with Crippen molar-refractivity contribution in [2.24, 2.45) is 0 Å². The maximum absolute atomic E-state index is 10.9. The van der Waals surface area contributed by atoms with Crippen molar-refractivity contribution in [1.29, 1.82) is 0 Å². The maximum atomic E-state index is 10.9. The Hall–Kier alpha value is 0.430. The average molecular weight is 272 g/mol. The van der Waals surface area contributed by atoms with Crippen LogP contribution in [0.4, 0.5) is 0 Å². The van der Waals surface area contributed by atoms with Crippen LogP contribution < -0.4 is 0 Å². The van der Waals surface area contributed by atoms with E-state index in [0.717, 1.165) is 6.42 Å². The van der Waals surface area contributed by atoms with Gasteiger partial charge in [0, 0.05) is 6.42 Å². The van der Waals surface area contributed by atoms with Gasteiger partial charge in [0.05, 0.1) is 0 Å². The second kappa shape index (κ2) is 2.81. The van der Waals surface area contributed by atoms with E-state index in [2.05, 4.69) is 31.9 Å². The van der Waals surface area contributed by atoms with Gasteiger partial charge < -0.3 is 4.74 Å². The Bertz CT molecular complexity index is 156. The minimum absolute atomic E-state index is 0.0752. The molecular weight excluding hydrogens is 264 g/mol. The third-order valence-corrected chi connectivity index (χ3v) is 2.81. The van der Waals surface area contributed by atoms with Crippen molar-refractivity contribution in [3.05, 3.63) is 0 Å². The molecule has 1 fully saturated rings. The van der Waals surface area contributed by atoms with E-state index in [1.807, 2.05) is 6.92 Å². The summed E-state index contributed by atoms with van der Waals surface area (Å²) < 4.78 is 4.38. The molecule has 0 N–H and O–H groups in total. The second-order valence-corrected chi connectivity index (χ2v) is 6.12. The molecule has 0 aliphatic carbocycles. The van der Waals surface area contributed by atoms with E-state index in [4.69, 9.17) is 4.74 Å². The Morgan fingerprint density at radius 2 is 2.40 bits per heavy atom. The van der Waals surface area contributed by atoms with Crippen LogP contribution in [0.2, 0.25) is 0 Å². The normalized spacial score (nSPS) is 30.3. The number of hydrogen-bond acceptors (Lipinski definition) is 2. The predicted octanol–water partition coefficient (Wildman–Crippen LogP) is 2.20. The summed E-state index contributed by atoms with van der Waals surface area (Å²) in [7, 11) is 0. The number of hydrogen-bond donors (Lipinski definition) is 0. The lowest BCUT2D eigenvalue weighted by Gasteiger charge is -2.03. The smallest absolute Gasteiger partial charge is 0.334 e. The fourth-order valence-corrected chi connectivity index (χ4v) is 1.79. The van der Waals surface area contributed by atoms with Crippen molar-refractivity contribution in [2.45, 2.75) is 29.1 Å². The van der Waals surface area contributed by atoms with Crippen LogP contribution in [0.25, 0.3) is 0 Å². The van der Waals surface area contributed by atoms with E-state index < -0.39 is 3.23 Å². The summed E-state index contributed by atoms with van der Waals surface area (Å²) in [5.41, 5.74) is 0. The highest BCUT2D eigenvalue weighted by molar-refractivity contribution is 9.25. The maximum Gasteiger partial charge on any atom is 0.334 e. The van der Waals surface area contributed by atoms with Crippen LogP contribution in [-0.2, 0) is 9.53 Å². The molecule has 0 aromatic heterocycles. The number of rotatable bonds is 1. The molecule has 1 unspecified atom stereocenters. The lowest BCUT2D eigenvalue weighted by atomic mass is 10.2. The predicted molar refractivity (Wildman–Crippen MR) is 45.4 cm³/mol. The van der Waals surface area contributed by atoms with Gasteiger partial charge in [-0.2, -0.15) is 0 Å². The first-order valence-corrected chi connectivity index (χ1v) is 4.74. The van der Waals surface area contributed by atoms with Crippen LogP contribution in [0.15, 0.2) is 0 Å². The van der Waals surface area contributed by atoms with Gasteiger partial charge in [0.25, 0.3) is 0 Å². The highest BCUT2D eigenvalue weighted by atomic mass is 79.9. The molecule has 0 saturated carbocycles. The third kappa shape index (κ3) is 1.53. The molecule has 0 amide bonds. The minimum Gasteiger partial charge on any atom is -0.461 e. The molecule has 0 bridgehead atoms. The molecule has 1 aliphatic rings. The van der Waals surface area contributed by atoms with Gasteiger partial charge >= 0.3 is 5.97 Å². The van der Waals surface area contributed by atoms with Gasteiger partial charge in [-0.05, 0) is 6.42 Å². The molecule has 0 spiro atoms. The van der Waals surface area contributed by atoms with Gasteiger partial charge in [0.15, 0.2) is 3.23 Å². The summed E-state index contributed by atoms with van der Waals surface area (Å²) in [6.07, 6.45) is 1.67. The van der Waals surface area contributed by atoms with Gasteiger partial charge in [-0.3, -0.25) is 0 Å². The monoisotopic (exact) mass is 270 g/mol. The largest absolute Gasteiger partial charge is 0.461 e. The summed E-state index contributed by atoms with van der Waals surface area (Å²) in [6, 6.07) is 0. The fourth-order valence-electron chi connectivity index (χ4n) is 0.876. The molecule has 0 radical (unpaired) electrons. The first-order chi connectivity index (χ1) is 4.56. The van der Waals surface area contributed by atoms with Gasteiger partial charge in [-0.15, -0.1) is 0 Å². The SMILES string of the molecule is CCC1CC(Br)(Br)C(=O)O1. The number of cyclic esters (lactones) is 1. The number of halogens is 2. The van der Waals surface area contributed by atoms with Crippen LogP contribution in [0.1, 0.15) is 19.8 Å². The Morgan fingerprint density at radius 1 is 1.80 bits per heavy atom.